The van der Waals surface area contributed by atoms with Gasteiger partial charge in [0.15, 0.2) is 0 Å². The monoisotopic (exact) mass is 342 g/mol. The van der Waals surface area contributed by atoms with Crippen LogP contribution in [-0.2, 0) is 0 Å². The van der Waals surface area contributed by atoms with Crippen LogP contribution >= 0.6 is 11.6 Å². The van der Waals surface area contributed by atoms with Gasteiger partial charge in [-0.15, -0.1) is 11.6 Å². The molecular weight excluding hydrogens is 324 g/mol. The Morgan fingerprint density at radius 3 is 1.96 bits per heavy atom. The van der Waals surface area contributed by atoms with Gasteiger partial charge >= 0.3 is 0 Å². The molecule has 0 nitrogen and oxygen atoms in total. The summed E-state index contributed by atoms with van der Waals surface area (Å²) in [6.45, 7) is 2.20. The molecule has 0 bridgehead atoms. The Balaban J connectivity index is 2.10. The van der Waals surface area contributed by atoms with Crippen molar-refractivity contribution in [1.29, 1.82) is 0 Å². The molecule has 5 rings (SSSR count). The van der Waals surface area contributed by atoms with Crippen LogP contribution in [0.2, 0.25) is 0 Å². The Kier molecular flexibility index (Phi) is 3.36. The Labute approximate surface area is 152 Å². The number of alkyl halides is 1. The predicted octanol–water partition coefficient (Wildman–Crippen LogP) is 7.82. The van der Waals surface area contributed by atoms with E-state index in [4.69, 9.17) is 11.6 Å². The molecular formula is C24H19Cl. The Morgan fingerprint density at radius 1 is 0.680 bits per heavy atom. The van der Waals surface area contributed by atoms with Crippen molar-refractivity contribution in [3.05, 3.63) is 72.3 Å². The second kappa shape index (κ2) is 5.61. The van der Waals surface area contributed by atoms with Crippen LogP contribution in [-0.4, -0.2) is 0 Å². The third-order valence-electron chi connectivity index (χ3n) is 5.42. The molecule has 5 aromatic carbocycles. The van der Waals surface area contributed by atoms with E-state index in [0.29, 0.717) is 0 Å². The Hall–Kier alpha value is -2.31. The summed E-state index contributed by atoms with van der Waals surface area (Å²) in [5.41, 5.74) is 1.27. The summed E-state index contributed by atoms with van der Waals surface area (Å²) in [5.74, 6) is 0. The molecule has 0 N–H and O–H groups in total. The van der Waals surface area contributed by atoms with Crippen molar-refractivity contribution < 1.29 is 0 Å². The van der Waals surface area contributed by atoms with E-state index in [-0.39, 0.29) is 5.38 Å². The van der Waals surface area contributed by atoms with Crippen LogP contribution in [0, 0.1) is 0 Å². The van der Waals surface area contributed by atoms with Crippen molar-refractivity contribution in [2.45, 2.75) is 25.1 Å². The van der Waals surface area contributed by atoms with Crippen molar-refractivity contribution >= 4 is 54.7 Å². The molecule has 5 aromatic rings. The van der Waals surface area contributed by atoms with E-state index in [1.807, 2.05) is 0 Å². The van der Waals surface area contributed by atoms with E-state index >= 15 is 0 Å². The van der Waals surface area contributed by atoms with E-state index < -0.39 is 0 Å². The van der Waals surface area contributed by atoms with Crippen LogP contribution in [0.4, 0.5) is 0 Å². The number of hydrogen-bond donors (Lipinski definition) is 0. The van der Waals surface area contributed by atoms with E-state index in [9.17, 15) is 0 Å². The first-order chi connectivity index (χ1) is 12.3. The molecule has 0 fully saturated rings. The highest BCUT2D eigenvalue weighted by Crippen LogP contribution is 2.44. The number of halogens is 1. The summed E-state index contributed by atoms with van der Waals surface area (Å²) in [6, 6.07) is 24.4. The zero-order valence-corrected chi connectivity index (χ0v) is 15.0. The third kappa shape index (κ3) is 2.07. The second-order valence-electron chi connectivity index (χ2n) is 6.90. The highest BCUT2D eigenvalue weighted by atomic mass is 35.5. The molecule has 0 heterocycles. The van der Waals surface area contributed by atoms with Crippen LogP contribution < -0.4 is 0 Å². The maximum absolute atomic E-state index is 6.83. The van der Waals surface area contributed by atoms with Gasteiger partial charge in [-0.1, -0.05) is 80.1 Å². The summed E-state index contributed by atoms with van der Waals surface area (Å²) in [5, 5.41) is 10.7. The number of rotatable bonds is 3. The molecule has 0 radical (unpaired) electrons. The molecule has 0 saturated heterocycles. The van der Waals surface area contributed by atoms with Crippen LogP contribution in [0.1, 0.15) is 30.7 Å². The molecule has 0 aromatic heterocycles. The van der Waals surface area contributed by atoms with Crippen LogP contribution in [0.5, 0.6) is 0 Å². The van der Waals surface area contributed by atoms with Crippen LogP contribution in [0.25, 0.3) is 43.1 Å². The van der Waals surface area contributed by atoms with Gasteiger partial charge < -0.3 is 0 Å². The molecule has 25 heavy (non-hydrogen) atoms. The van der Waals surface area contributed by atoms with E-state index in [2.05, 4.69) is 73.7 Å². The Morgan fingerprint density at radius 2 is 1.28 bits per heavy atom. The van der Waals surface area contributed by atoms with Gasteiger partial charge in [0.25, 0.3) is 0 Å². The lowest BCUT2D eigenvalue weighted by Gasteiger charge is -2.19. The first-order valence-electron chi connectivity index (χ1n) is 9.01. The molecule has 1 heteroatoms. The topological polar surface area (TPSA) is 0 Å². The van der Waals surface area contributed by atoms with Gasteiger partial charge in [-0.3, -0.25) is 0 Å². The minimum Gasteiger partial charge on any atom is -0.118 e. The van der Waals surface area contributed by atoms with Gasteiger partial charge in [-0.05, 0) is 55.1 Å². The molecule has 1 unspecified atom stereocenters. The SMILES string of the molecule is CCCC(Cl)c1ccc2cccc3c4cccc5cccc(c1c23)c54. The first-order valence-corrected chi connectivity index (χ1v) is 9.45. The summed E-state index contributed by atoms with van der Waals surface area (Å²) in [6.07, 6.45) is 2.09. The predicted molar refractivity (Wildman–Crippen MR) is 111 cm³/mol. The van der Waals surface area contributed by atoms with Crippen molar-refractivity contribution in [2.24, 2.45) is 0 Å². The van der Waals surface area contributed by atoms with E-state index in [1.54, 1.807) is 0 Å². The lowest BCUT2D eigenvalue weighted by Crippen LogP contribution is -1.95. The normalized spacial score (nSPS) is 13.4. The van der Waals surface area contributed by atoms with Crippen LogP contribution in [0.15, 0.2) is 66.7 Å². The van der Waals surface area contributed by atoms with Gasteiger partial charge in [-0.25, -0.2) is 0 Å². The smallest absolute Gasteiger partial charge is 0.0591 e. The summed E-state index contributed by atoms with van der Waals surface area (Å²) in [4.78, 5) is 0. The molecule has 122 valence electrons. The van der Waals surface area contributed by atoms with Crippen LogP contribution in [0.3, 0.4) is 0 Å². The molecule has 0 amide bonds. The molecule has 0 aliphatic rings. The molecule has 0 saturated carbocycles. The first kappa shape index (κ1) is 15.0. The largest absolute Gasteiger partial charge is 0.118 e. The van der Waals surface area contributed by atoms with Crippen molar-refractivity contribution in [3.63, 3.8) is 0 Å². The van der Waals surface area contributed by atoms with Crippen molar-refractivity contribution in [1.82, 2.24) is 0 Å². The fourth-order valence-corrected chi connectivity index (χ4v) is 4.75. The van der Waals surface area contributed by atoms with Gasteiger partial charge in [0.1, 0.15) is 0 Å². The average Bonchev–Trinajstić information content (AvgIpc) is 2.65. The minimum absolute atomic E-state index is 0.0537. The fourth-order valence-electron chi connectivity index (χ4n) is 4.35. The number of fused-ring (bicyclic) bond motifs is 2. The quantitative estimate of drug-likeness (QED) is 0.178. The molecule has 0 aliphatic heterocycles. The van der Waals surface area contributed by atoms with Gasteiger partial charge in [0, 0.05) is 0 Å². The summed E-state index contributed by atoms with van der Waals surface area (Å²) < 4.78 is 0. The Bertz CT molecular complexity index is 1210. The van der Waals surface area contributed by atoms with Gasteiger partial charge in [0.2, 0.25) is 0 Å². The summed E-state index contributed by atoms with van der Waals surface area (Å²) >= 11 is 6.83. The number of hydrogen-bond acceptors (Lipinski definition) is 0. The maximum atomic E-state index is 6.83. The van der Waals surface area contributed by atoms with Gasteiger partial charge in [-0.2, -0.15) is 0 Å². The van der Waals surface area contributed by atoms with E-state index in [0.717, 1.165) is 12.8 Å². The van der Waals surface area contributed by atoms with Gasteiger partial charge in [0.05, 0.1) is 5.38 Å². The van der Waals surface area contributed by atoms with Crippen molar-refractivity contribution in [3.8, 4) is 0 Å². The second-order valence-corrected chi connectivity index (χ2v) is 7.43. The fraction of sp³-hybridized carbons (Fsp3) is 0.167. The maximum Gasteiger partial charge on any atom is 0.0591 e. The average molecular weight is 343 g/mol. The third-order valence-corrected chi connectivity index (χ3v) is 5.87. The lowest BCUT2D eigenvalue weighted by molar-refractivity contribution is 0.775. The van der Waals surface area contributed by atoms with E-state index in [1.165, 1.54) is 48.7 Å². The van der Waals surface area contributed by atoms with Crippen molar-refractivity contribution in [2.75, 3.05) is 0 Å². The molecule has 0 aliphatic carbocycles. The zero-order chi connectivity index (χ0) is 17.0. The zero-order valence-electron chi connectivity index (χ0n) is 14.2. The standard InChI is InChI=1S/C24H19Cl/c1-2-6-21(25)19-14-13-16-9-4-11-18-17-10-3-7-15-8-5-12-20(22(15)17)24(19)23(16)18/h3-5,7-14,21H,2,6H2,1H3. The minimum atomic E-state index is 0.0537. The molecule has 1 atom stereocenters. The lowest BCUT2D eigenvalue weighted by atomic mass is 9.86. The molecule has 0 spiro atoms. The highest BCUT2D eigenvalue weighted by Gasteiger charge is 2.18. The highest BCUT2D eigenvalue weighted by molar-refractivity contribution is 6.34. The number of benzene rings is 5. The summed E-state index contributed by atoms with van der Waals surface area (Å²) in [7, 11) is 0.